The Bertz CT molecular complexity index is 436. The van der Waals surface area contributed by atoms with Crippen LogP contribution < -0.4 is 10.6 Å². The lowest BCUT2D eigenvalue weighted by Gasteiger charge is -2.30. The molecule has 0 heterocycles. The normalized spacial score (nSPS) is 11.4. The molecule has 0 bridgehead atoms. The maximum absolute atomic E-state index is 11.5. The molecular formula is C14H22N2O2. The number of likely N-dealkylation sites (N-methyl/N-ethyl adjacent to an activating group) is 1. The number of nitrogens with zero attached hydrogens (tertiary/aromatic N) is 1. The number of carbonyl (C=O) groups is 1. The summed E-state index contributed by atoms with van der Waals surface area (Å²) < 4.78 is 0. The first kappa shape index (κ1) is 14.5. The number of Topliss-reactive ketones (excluding diaryl/α,β-unsaturated/α-hetero) is 1. The summed E-state index contributed by atoms with van der Waals surface area (Å²) in [6.07, 6.45) is 0. The van der Waals surface area contributed by atoms with Crippen LogP contribution >= 0.6 is 0 Å². The topological polar surface area (TPSA) is 66.6 Å². The van der Waals surface area contributed by atoms with Crippen LogP contribution in [0.25, 0.3) is 0 Å². The average Bonchev–Trinajstić information content (AvgIpc) is 2.25. The monoisotopic (exact) mass is 250 g/mol. The molecule has 0 amide bonds. The van der Waals surface area contributed by atoms with Crippen LogP contribution in [0, 0.1) is 0 Å². The molecule has 100 valence electrons. The molecule has 0 spiro atoms. The van der Waals surface area contributed by atoms with E-state index in [4.69, 9.17) is 5.73 Å². The molecule has 0 atom stereocenters. The molecule has 1 rings (SSSR count). The van der Waals surface area contributed by atoms with Crippen molar-refractivity contribution >= 4 is 17.2 Å². The van der Waals surface area contributed by atoms with Crippen LogP contribution in [0.2, 0.25) is 0 Å². The molecule has 0 unspecified atom stereocenters. The molecule has 0 saturated carbocycles. The van der Waals surface area contributed by atoms with Gasteiger partial charge in [-0.15, -0.1) is 0 Å². The van der Waals surface area contributed by atoms with Crippen molar-refractivity contribution in [2.45, 2.75) is 33.3 Å². The number of carbonyl (C=O) groups excluding carboxylic acids is 1. The van der Waals surface area contributed by atoms with Crippen molar-refractivity contribution in [2.24, 2.45) is 0 Å². The molecule has 0 aliphatic heterocycles. The van der Waals surface area contributed by atoms with Crippen LogP contribution in [0.15, 0.2) is 18.2 Å². The third kappa shape index (κ3) is 3.74. The number of hydrogen-bond acceptors (Lipinski definition) is 4. The Morgan fingerprint density at radius 1 is 1.44 bits per heavy atom. The Kier molecular flexibility index (Phi) is 4.35. The van der Waals surface area contributed by atoms with Crippen molar-refractivity contribution in [3.8, 4) is 0 Å². The molecule has 0 aliphatic carbocycles. The molecule has 0 fully saturated rings. The SMILES string of the molecule is CCN(CC(C)(C)O)c1ccc(N)c(C(C)=O)c1. The van der Waals surface area contributed by atoms with Gasteiger partial charge in [0.1, 0.15) is 0 Å². The summed E-state index contributed by atoms with van der Waals surface area (Å²) in [4.78, 5) is 13.5. The third-order valence-electron chi connectivity index (χ3n) is 2.74. The first-order valence-electron chi connectivity index (χ1n) is 6.12. The van der Waals surface area contributed by atoms with E-state index in [1.165, 1.54) is 6.92 Å². The second-order valence-corrected chi connectivity index (χ2v) is 5.15. The van der Waals surface area contributed by atoms with Gasteiger partial charge in [0.25, 0.3) is 0 Å². The fourth-order valence-corrected chi connectivity index (χ4v) is 1.90. The lowest BCUT2D eigenvalue weighted by Crippen LogP contribution is -2.38. The summed E-state index contributed by atoms with van der Waals surface area (Å²) in [6.45, 7) is 8.30. The number of rotatable bonds is 5. The molecule has 0 aliphatic rings. The summed E-state index contributed by atoms with van der Waals surface area (Å²) in [5.74, 6) is -0.0475. The minimum absolute atomic E-state index is 0.0475. The molecule has 0 radical (unpaired) electrons. The van der Waals surface area contributed by atoms with E-state index in [-0.39, 0.29) is 5.78 Å². The highest BCUT2D eigenvalue weighted by atomic mass is 16.3. The van der Waals surface area contributed by atoms with Crippen LogP contribution in [0.5, 0.6) is 0 Å². The Morgan fingerprint density at radius 3 is 2.50 bits per heavy atom. The summed E-state index contributed by atoms with van der Waals surface area (Å²) in [7, 11) is 0. The Balaban J connectivity index is 3.07. The van der Waals surface area contributed by atoms with Gasteiger partial charge in [-0.1, -0.05) is 0 Å². The van der Waals surface area contributed by atoms with Gasteiger partial charge in [-0.25, -0.2) is 0 Å². The van der Waals surface area contributed by atoms with Crippen LogP contribution in [0.3, 0.4) is 0 Å². The van der Waals surface area contributed by atoms with E-state index < -0.39 is 5.60 Å². The van der Waals surface area contributed by atoms with E-state index in [2.05, 4.69) is 0 Å². The van der Waals surface area contributed by atoms with E-state index in [9.17, 15) is 9.90 Å². The van der Waals surface area contributed by atoms with Crippen molar-refractivity contribution in [1.82, 2.24) is 0 Å². The van der Waals surface area contributed by atoms with Crippen molar-refractivity contribution in [3.05, 3.63) is 23.8 Å². The quantitative estimate of drug-likeness (QED) is 0.620. The molecule has 18 heavy (non-hydrogen) atoms. The zero-order valence-electron chi connectivity index (χ0n) is 11.5. The first-order chi connectivity index (χ1) is 8.24. The smallest absolute Gasteiger partial charge is 0.161 e. The van der Waals surface area contributed by atoms with Crippen molar-refractivity contribution in [3.63, 3.8) is 0 Å². The summed E-state index contributed by atoms with van der Waals surface area (Å²) in [5.41, 5.74) is 6.91. The third-order valence-corrected chi connectivity index (χ3v) is 2.74. The number of nitrogen functional groups attached to an aromatic ring is 1. The number of aliphatic hydroxyl groups is 1. The summed E-state index contributed by atoms with van der Waals surface area (Å²) >= 11 is 0. The van der Waals surface area contributed by atoms with Crippen molar-refractivity contribution in [1.29, 1.82) is 0 Å². The van der Waals surface area contributed by atoms with Gasteiger partial charge in [0.2, 0.25) is 0 Å². The van der Waals surface area contributed by atoms with Gasteiger partial charge in [0.15, 0.2) is 5.78 Å². The van der Waals surface area contributed by atoms with Gasteiger partial charge < -0.3 is 15.7 Å². The zero-order valence-corrected chi connectivity index (χ0v) is 11.5. The van der Waals surface area contributed by atoms with E-state index in [0.717, 1.165) is 12.2 Å². The number of hydrogen-bond donors (Lipinski definition) is 2. The zero-order chi connectivity index (χ0) is 13.9. The maximum atomic E-state index is 11.5. The Labute approximate surface area is 108 Å². The van der Waals surface area contributed by atoms with E-state index >= 15 is 0 Å². The van der Waals surface area contributed by atoms with Gasteiger partial charge in [0.05, 0.1) is 5.60 Å². The minimum Gasteiger partial charge on any atom is -0.398 e. The highest BCUT2D eigenvalue weighted by Crippen LogP contribution is 2.23. The van der Waals surface area contributed by atoms with Crippen LogP contribution in [-0.2, 0) is 0 Å². The largest absolute Gasteiger partial charge is 0.398 e. The van der Waals surface area contributed by atoms with Crippen molar-refractivity contribution in [2.75, 3.05) is 23.7 Å². The molecule has 1 aromatic carbocycles. The van der Waals surface area contributed by atoms with Gasteiger partial charge in [-0.3, -0.25) is 4.79 Å². The average molecular weight is 250 g/mol. The Morgan fingerprint density at radius 2 is 2.06 bits per heavy atom. The lowest BCUT2D eigenvalue weighted by atomic mass is 10.1. The second kappa shape index (κ2) is 5.40. The molecule has 4 heteroatoms. The van der Waals surface area contributed by atoms with E-state index in [1.54, 1.807) is 26.0 Å². The highest BCUT2D eigenvalue weighted by molar-refractivity contribution is 6.00. The second-order valence-electron chi connectivity index (χ2n) is 5.15. The van der Waals surface area contributed by atoms with Crippen LogP contribution in [0.4, 0.5) is 11.4 Å². The molecule has 0 aromatic heterocycles. The molecule has 0 saturated heterocycles. The van der Waals surface area contributed by atoms with Gasteiger partial charge >= 0.3 is 0 Å². The Hall–Kier alpha value is -1.55. The van der Waals surface area contributed by atoms with E-state index in [1.807, 2.05) is 17.9 Å². The minimum atomic E-state index is -0.784. The lowest BCUT2D eigenvalue weighted by molar-refractivity contribution is 0.0876. The molecule has 1 aromatic rings. The molecule has 4 nitrogen and oxygen atoms in total. The predicted octanol–water partition coefficient (Wildman–Crippen LogP) is 2.07. The first-order valence-corrected chi connectivity index (χ1v) is 6.12. The van der Waals surface area contributed by atoms with Gasteiger partial charge in [-0.2, -0.15) is 0 Å². The standard InChI is InChI=1S/C14H22N2O2/c1-5-16(9-14(3,4)18)11-6-7-13(15)12(8-11)10(2)17/h6-8,18H,5,9,15H2,1-4H3. The van der Waals surface area contributed by atoms with Gasteiger partial charge in [0, 0.05) is 30.0 Å². The maximum Gasteiger partial charge on any atom is 0.161 e. The van der Waals surface area contributed by atoms with Crippen LogP contribution in [-0.4, -0.2) is 29.6 Å². The highest BCUT2D eigenvalue weighted by Gasteiger charge is 2.18. The predicted molar refractivity (Wildman–Crippen MR) is 75.0 cm³/mol. The van der Waals surface area contributed by atoms with Gasteiger partial charge in [-0.05, 0) is 45.9 Å². The number of nitrogens with two attached hydrogens (primary N) is 1. The van der Waals surface area contributed by atoms with Crippen molar-refractivity contribution < 1.29 is 9.90 Å². The fraction of sp³-hybridized carbons (Fsp3) is 0.500. The number of anilines is 2. The summed E-state index contributed by atoms with van der Waals surface area (Å²) in [5, 5.41) is 9.88. The van der Waals surface area contributed by atoms with Crippen LogP contribution in [0.1, 0.15) is 38.1 Å². The molecular weight excluding hydrogens is 228 g/mol. The fourth-order valence-electron chi connectivity index (χ4n) is 1.90. The van der Waals surface area contributed by atoms with E-state index in [0.29, 0.717) is 17.8 Å². The number of benzene rings is 1. The molecule has 3 N–H and O–H groups in total. The number of ketones is 1. The summed E-state index contributed by atoms with van der Waals surface area (Å²) in [6, 6.07) is 5.39.